The molecular weight excluding hydrogens is 430 g/mol. The van der Waals surface area contributed by atoms with E-state index in [0.29, 0.717) is 24.0 Å². The number of aromatic nitrogens is 1. The zero-order valence-corrected chi connectivity index (χ0v) is 19.4. The number of hydrogen-bond donors (Lipinski definition) is 1. The Hall–Kier alpha value is -4.26. The minimum atomic E-state index is -0.217. The van der Waals surface area contributed by atoms with E-state index < -0.39 is 0 Å². The van der Waals surface area contributed by atoms with Crippen molar-refractivity contribution < 1.29 is 18.7 Å². The second-order valence-electron chi connectivity index (χ2n) is 7.87. The summed E-state index contributed by atoms with van der Waals surface area (Å²) in [6.45, 7) is 0.674. The van der Waals surface area contributed by atoms with E-state index in [1.165, 1.54) is 4.90 Å². The summed E-state index contributed by atoms with van der Waals surface area (Å²) in [4.78, 5) is 18.1. The molecule has 0 bridgehead atoms. The van der Waals surface area contributed by atoms with E-state index in [1.807, 2.05) is 78.9 Å². The van der Waals surface area contributed by atoms with Crippen molar-refractivity contribution in [2.24, 2.45) is 0 Å². The van der Waals surface area contributed by atoms with Crippen molar-refractivity contribution in [3.8, 4) is 34.1 Å². The number of carbonyl (C=O) groups excluding carboxylic acids is 1. The summed E-state index contributed by atoms with van der Waals surface area (Å²) in [6, 6.07) is 25.1. The van der Waals surface area contributed by atoms with E-state index in [9.17, 15) is 4.79 Å². The van der Waals surface area contributed by atoms with Crippen LogP contribution in [0.2, 0.25) is 0 Å². The minimum Gasteiger partial charge on any atom is -0.497 e. The molecule has 1 aromatic heterocycles. The number of amides is 2. The van der Waals surface area contributed by atoms with Crippen molar-refractivity contribution in [3.63, 3.8) is 0 Å². The summed E-state index contributed by atoms with van der Waals surface area (Å²) in [5.74, 6) is 2.55. The van der Waals surface area contributed by atoms with E-state index in [2.05, 4.69) is 10.3 Å². The first-order valence-electron chi connectivity index (χ1n) is 10.9. The maximum atomic E-state index is 11.9. The van der Waals surface area contributed by atoms with Crippen LogP contribution in [0, 0.1) is 0 Å². The second-order valence-corrected chi connectivity index (χ2v) is 7.87. The van der Waals surface area contributed by atoms with E-state index in [-0.39, 0.29) is 12.6 Å². The van der Waals surface area contributed by atoms with Crippen molar-refractivity contribution in [3.05, 3.63) is 90.3 Å². The third-order valence-corrected chi connectivity index (χ3v) is 5.20. The number of ether oxygens (including phenoxy) is 2. The van der Waals surface area contributed by atoms with Crippen molar-refractivity contribution >= 4 is 6.03 Å². The lowest BCUT2D eigenvalue weighted by Crippen LogP contribution is -2.33. The van der Waals surface area contributed by atoms with Gasteiger partial charge in [0.2, 0.25) is 5.89 Å². The molecule has 0 unspecified atom stereocenters. The Labute approximate surface area is 199 Å². The average Bonchev–Trinajstić information content (AvgIpc) is 3.31. The number of benzene rings is 3. The fourth-order valence-corrected chi connectivity index (χ4v) is 3.33. The number of nitrogens with zero attached hydrogens (tertiary/aromatic N) is 2. The number of rotatable bonds is 8. The number of oxazole rings is 1. The summed E-state index contributed by atoms with van der Waals surface area (Å²) < 4.78 is 17.3. The quantitative estimate of drug-likeness (QED) is 0.385. The lowest BCUT2D eigenvalue weighted by molar-refractivity contribution is 0.216. The van der Waals surface area contributed by atoms with Gasteiger partial charge in [-0.3, -0.25) is 0 Å². The third-order valence-electron chi connectivity index (χ3n) is 5.20. The van der Waals surface area contributed by atoms with Crippen LogP contribution in [0.15, 0.2) is 83.3 Å². The first-order chi connectivity index (χ1) is 16.5. The monoisotopic (exact) mass is 457 g/mol. The first kappa shape index (κ1) is 22.9. The molecular formula is C27H27N3O4. The topological polar surface area (TPSA) is 76.8 Å². The van der Waals surface area contributed by atoms with Crippen molar-refractivity contribution in [1.82, 2.24) is 15.2 Å². The molecule has 0 spiro atoms. The number of methoxy groups -OCH3 is 1. The van der Waals surface area contributed by atoms with Gasteiger partial charge in [0.25, 0.3) is 0 Å². The number of urea groups is 1. The van der Waals surface area contributed by atoms with Crippen LogP contribution in [0.5, 0.6) is 11.5 Å². The second kappa shape index (κ2) is 10.6. The van der Waals surface area contributed by atoms with Gasteiger partial charge in [-0.05, 0) is 54.1 Å². The number of carbonyl (C=O) groups is 1. The molecule has 2 amide bonds. The smallest absolute Gasteiger partial charge is 0.317 e. The van der Waals surface area contributed by atoms with E-state index in [4.69, 9.17) is 13.9 Å². The predicted octanol–water partition coefficient (Wildman–Crippen LogP) is 5.37. The van der Waals surface area contributed by atoms with Gasteiger partial charge in [-0.2, -0.15) is 0 Å². The van der Waals surface area contributed by atoms with Crippen molar-refractivity contribution in [2.75, 3.05) is 21.2 Å². The Morgan fingerprint density at radius 3 is 2.21 bits per heavy atom. The molecule has 1 N–H and O–H groups in total. The highest BCUT2D eigenvalue weighted by Crippen LogP contribution is 2.34. The Bertz CT molecular complexity index is 1220. The van der Waals surface area contributed by atoms with Crippen LogP contribution in [-0.4, -0.2) is 37.1 Å². The average molecular weight is 458 g/mol. The van der Waals surface area contributed by atoms with Crippen LogP contribution in [0.3, 0.4) is 0 Å². The molecule has 4 rings (SSSR count). The van der Waals surface area contributed by atoms with Crippen LogP contribution in [0.25, 0.3) is 22.6 Å². The van der Waals surface area contributed by atoms with Crippen LogP contribution in [-0.2, 0) is 13.2 Å². The lowest BCUT2D eigenvalue weighted by Gasteiger charge is -2.10. The molecule has 0 atom stereocenters. The molecule has 7 nitrogen and oxygen atoms in total. The molecule has 0 radical (unpaired) electrons. The molecule has 1 heterocycles. The summed E-state index contributed by atoms with van der Waals surface area (Å²) in [7, 11) is 4.99. The van der Waals surface area contributed by atoms with Crippen LogP contribution in [0.4, 0.5) is 4.79 Å². The molecule has 0 aliphatic carbocycles. The lowest BCUT2D eigenvalue weighted by atomic mass is 10.1. The molecule has 0 aliphatic heterocycles. The molecule has 174 valence electrons. The van der Waals surface area contributed by atoms with Gasteiger partial charge < -0.3 is 24.1 Å². The number of nitrogens with one attached hydrogen (secondary N) is 1. The minimum absolute atomic E-state index is 0.179. The standard InChI is InChI=1S/C27H27N3O4/c1-30(2)27(31)28-17-24-29-25(20-9-13-22(32-3)14-10-20)26(34-24)21-11-15-23(16-12-21)33-18-19-7-5-4-6-8-19/h4-16H,17-18H2,1-3H3,(H,28,31). The predicted molar refractivity (Wildman–Crippen MR) is 131 cm³/mol. The molecule has 34 heavy (non-hydrogen) atoms. The summed E-state index contributed by atoms with van der Waals surface area (Å²) in [5, 5.41) is 2.79. The number of hydrogen-bond acceptors (Lipinski definition) is 5. The molecule has 4 aromatic rings. The molecule has 0 saturated carbocycles. The first-order valence-corrected chi connectivity index (χ1v) is 10.9. The maximum absolute atomic E-state index is 11.9. The summed E-state index contributed by atoms with van der Waals surface area (Å²) >= 11 is 0. The maximum Gasteiger partial charge on any atom is 0.317 e. The largest absolute Gasteiger partial charge is 0.497 e. The summed E-state index contributed by atoms with van der Waals surface area (Å²) in [6.07, 6.45) is 0. The molecule has 0 aliphatic rings. The Morgan fingerprint density at radius 1 is 0.912 bits per heavy atom. The zero-order chi connectivity index (χ0) is 23.9. The highest BCUT2D eigenvalue weighted by Gasteiger charge is 2.18. The van der Waals surface area contributed by atoms with E-state index in [1.54, 1.807) is 21.2 Å². The third kappa shape index (κ3) is 5.56. The van der Waals surface area contributed by atoms with Crippen LogP contribution >= 0.6 is 0 Å². The highest BCUT2D eigenvalue weighted by molar-refractivity contribution is 5.77. The van der Waals surface area contributed by atoms with E-state index >= 15 is 0 Å². The molecule has 3 aromatic carbocycles. The molecule has 0 saturated heterocycles. The highest BCUT2D eigenvalue weighted by atomic mass is 16.5. The van der Waals surface area contributed by atoms with Gasteiger partial charge in [0, 0.05) is 25.2 Å². The van der Waals surface area contributed by atoms with Gasteiger partial charge in [0.05, 0.1) is 13.7 Å². The summed E-state index contributed by atoms with van der Waals surface area (Å²) in [5.41, 5.74) is 3.53. The van der Waals surface area contributed by atoms with Crippen LogP contribution < -0.4 is 14.8 Å². The van der Waals surface area contributed by atoms with Gasteiger partial charge in [-0.25, -0.2) is 9.78 Å². The van der Waals surface area contributed by atoms with Gasteiger partial charge in [-0.1, -0.05) is 30.3 Å². The Morgan fingerprint density at radius 2 is 1.56 bits per heavy atom. The van der Waals surface area contributed by atoms with Gasteiger partial charge in [0.15, 0.2) is 5.76 Å². The SMILES string of the molecule is COc1ccc(-c2nc(CNC(=O)N(C)C)oc2-c2ccc(OCc3ccccc3)cc2)cc1. The fraction of sp³-hybridized carbons (Fsp3) is 0.185. The van der Waals surface area contributed by atoms with Gasteiger partial charge in [0.1, 0.15) is 23.8 Å². The van der Waals surface area contributed by atoms with Gasteiger partial charge >= 0.3 is 6.03 Å². The van der Waals surface area contributed by atoms with Crippen LogP contribution in [0.1, 0.15) is 11.5 Å². The van der Waals surface area contributed by atoms with Crippen molar-refractivity contribution in [1.29, 1.82) is 0 Å². The van der Waals surface area contributed by atoms with E-state index in [0.717, 1.165) is 28.2 Å². The van der Waals surface area contributed by atoms with Gasteiger partial charge in [-0.15, -0.1) is 0 Å². The Balaban J connectivity index is 1.58. The molecule has 7 heteroatoms. The Kier molecular flexibility index (Phi) is 7.13. The zero-order valence-electron chi connectivity index (χ0n) is 19.4. The van der Waals surface area contributed by atoms with Crippen molar-refractivity contribution in [2.45, 2.75) is 13.2 Å². The fourth-order valence-electron chi connectivity index (χ4n) is 3.33. The molecule has 0 fully saturated rings. The normalized spacial score (nSPS) is 10.6.